The van der Waals surface area contributed by atoms with E-state index in [2.05, 4.69) is 0 Å². The average molecular weight is 291 g/mol. The number of nitrogens with zero attached hydrogens (tertiary/aromatic N) is 1. The molecule has 1 N–H and O–H groups in total. The Hall–Kier alpha value is -1.88. The smallest absolute Gasteiger partial charge is 0.326 e. The van der Waals surface area contributed by atoms with Gasteiger partial charge in [0.1, 0.15) is 6.04 Å². The number of piperidine rings is 1. The van der Waals surface area contributed by atoms with Crippen molar-refractivity contribution in [3.63, 3.8) is 0 Å². The van der Waals surface area contributed by atoms with Crippen molar-refractivity contribution < 1.29 is 19.4 Å². The summed E-state index contributed by atoms with van der Waals surface area (Å²) in [7, 11) is 0. The van der Waals surface area contributed by atoms with Gasteiger partial charge in [0.05, 0.1) is 0 Å². The molecule has 1 aliphatic rings. The van der Waals surface area contributed by atoms with Crippen LogP contribution in [0.2, 0.25) is 0 Å². The second-order valence-corrected chi connectivity index (χ2v) is 5.13. The van der Waals surface area contributed by atoms with Crippen molar-refractivity contribution in [2.24, 2.45) is 0 Å². The maximum atomic E-state index is 12.7. The third-order valence-electron chi connectivity index (χ3n) is 3.73. The first-order chi connectivity index (χ1) is 10.1. The number of hydrogen-bond acceptors (Lipinski definition) is 3. The number of rotatable bonds is 5. The minimum absolute atomic E-state index is 0.254. The van der Waals surface area contributed by atoms with Crippen molar-refractivity contribution in [2.45, 2.75) is 38.3 Å². The summed E-state index contributed by atoms with van der Waals surface area (Å²) >= 11 is 0. The number of ether oxygens (including phenoxy) is 1. The zero-order chi connectivity index (χ0) is 15.2. The lowest BCUT2D eigenvalue weighted by Gasteiger charge is -2.35. The molecular formula is C16H21NO4. The van der Waals surface area contributed by atoms with Gasteiger partial charge in [-0.3, -0.25) is 4.79 Å². The number of carboxylic acid groups (broad SMARTS) is 1. The van der Waals surface area contributed by atoms with E-state index in [1.165, 1.54) is 4.90 Å². The van der Waals surface area contributed by atoms with Gasteiger partial charge >= 0.3 is 5.97 Å². The normalized spacial score (nSPS) is 20.0. The van der Waals surface area contributed by atoms with Crippen LogP contribution < -0.4 is 0 Å². The number of hydrogen-bond donors (Lipinski definition) is 1. The number of aliphatic carboxylic acids is 1. The number of amides is 1. The Kier molecular flexibility index (Phi) is 5.33. The van der Waals surface area contributed by atoms with Gasteiger partial charge in [-0.1, -0.05) is 30.3 Å². The number of carboxylic acids is 1. The SMILES string of the molecule is CCOC(C(=O)N1CCCC[C@@H]1C(=O)O)c1ccccc1. The molecule has 1 aromatic carbocycles. The summed E-state index contributed by atoms with van der Waals surface area (Å²) in [6, 6.07) is 8.49. The van der Waals surface area contributed by atoms with Crippen molar-refractivity contribution in [1.82, 2.24) is 4.90 Å². The van der Waals surface area contributed by atoms with E-state index >= 15 is 0 Å². The quantitative estimate of drug-likeness (QED) is 0.903. The number of likely N-dealkylation sites (tertiary alicyclic amines) is 1. The summed E-state index contributed by atoms with van der Waals surface area (Å²) in [4.78, 5) is 25.6. The van der Waals surface area contributed by atoms with Gasteiger partial charge in [-0.25, -0.2) is 4.79 Å². The first-order valence-corrected chi connectivity index (χ1v) is 7.35. The van der Waals surface area contributed by atoms with Gasteiger partial charge < -0.3 is 14.7 Å². The summed E-state index contributed by atoms with van der Waals surface area (Å²) in [5.74, 6) is -1.19. The summed E-state index contributed by atoms with van der Waals surface area (Å²) < 4.78 is 5.59. The van der Waals surface area contributed by atoms with Crippen LogP contribution in [0, 0.1) is 0 Å². The van der Waals surface area contributed by atoms with E-state index in [0.717, 1.165) is 18.4 Å². The predicted molar refractivity (Wildman–Crippen MR) is 77.8 cm³/mol. The molecule has 1 heterocycles. The van der Waals surface area contributed by atoms with E-state index in [9.17, 15) is 14.7 Å². The molecule has 1 amide bonds. The van der Waals surface area contributed by atoms with Crippen LogP contribution in [0.15, 0.2) is 30.3 Å². The Labute approximate surface area is 124 Å². The van der Waals surface area contributed by atoms with Crippen LogP contribution in [-0.4, -0.2) is 41.1 Å². The van der Waals surface area contributed by atoms with Gasteiger partial charge in [0.25, 0.3) is 5.91 Å². The maximum absolute atomic E-state index is 12.7. The molecule has 0 aliphatic carbocycles. The molecule has 0 saturated carbocycles. The molecule has 0 aromatic heterocycles. The highest BCUT2D eigenvalue weighted by atomic mass is 16.5. The molecule has 1 saturated heterocycles. The van der Waals surface area contributed by atoms with Crippen LogP contribution in [-0.2, 0) is 14.3 Å². The monoisotopic (exact) mass is 291 g/mol. The Morgan fingerprint density at radius 2 is 2.05 bits per heavy atom. The minimum Gasteiger partial charge on any atom is -0.480 e. The van der Waals surface area contributed by atoms with Crippen molar-refractivity contribution in [3.8, 4) is 0 Å². The van der Waals surface area contributed by atoms with Gasteiger partial charge in [-0.2, -0.15) is 0 Å². The van der Waals surface area contributed by atoms with Gasteiger partial charge in [0.2, 0.25) is 0 Å². The topological polar surface area (TPSA) is 66.8 Å². The molecule has 2 atom stereocenters. The summed E-state index contributed by atoms with van der Waals surface area (Å²) in [6.45, 7) is 2.71. The van der Waals surface area contributed by atoms with Crippen LogP contribution in [0.3, 0.4) is 0 Å². The van der Waals surface area contributed by atoms with Crippen LogP contribution in [0.25, 0.3) is 0 Å². The first-order valence-electron chi connectivity index (χ1n) is 7.35. The molecular weight excluding hydrogens is 270 g/mol. The fourth-order valence-corrected chi connectivity index (χ4v) is 2.71. The zero-order valence-electron chi connectivity index (χ0n) is 12.2. The highest BCUT2D eigenvalue weighted by Crippen LogP contribution is 2.25. The third-order valence-corrected chi connectivity index (χ3v) is 3.73. The number of carbonyl (C=O) groups is 2. The fourth-order valence-electron chi connectivity index (χ4n) is 2.71. The molecule has 2 rings (SSSR count). The lowest BCUT2D eigenvalue weighted by molar-refractivity contribution is -0.158. The molecule has 1 unspecified atom stereocenters. The lowest BCUT2D eigenvalue weighted by atomic mass is 10.00. The number of benzene rings is 1. The molecule has 1 aromatic rings. The summed E-state index contributed by atoms with van der Waals surface area (Å²) in [5, 5.41) is 9.31. The Balaban J connectivity index is 2.23. The molecule has 0 spiro atoms. The minimum atomic E-state index is -0.939. The Morgan fingerprint density at radius 1 is 1.33 bits per heavy atom. The summed E-state index contributed by atoms with van der Waals surface area (Å²) in [5.41, 5.74) is 0.763. The van der Waals surface area contributed by atoms with E-state index in [-0.39, 0.29) is 5.91 Å². The van der Waals surface area contributed by atoms with Crippen LogP contribution >= 0.6 is 0 Å². The molecule has 5 heteroatoms. The van der Waals surface area contributed by atoms with Crippen LogP contribution in [0.4, 0.5) is 0 Å². The van der Waals surface area contributed by atoms with E-state index < -0.39 is 18.1 Å². The molecule has 5 nitrogen and oxygen atoms in total. The van der Waals surface area contributed by atoms with E-state index in [1.807, 2.05) is 37.3 Å². The van der Waals surface area contributed by atoms with Crippen molar-refractivity contribution in [1.29, 1.82) is 0 Å². The van der Waals surface area contributed by atoms with Crippen molar-refractivity contribution in [3.05, 3.63) is 35.9 Å². The molecule has 0 bridgehead atoms. The first kappa shape index (κ1) is 15.5. The fraction of sp³-hybridized carbons (Fsp3) is 0.500. The van der Waals surface area contributed by atoms with Crippen LogP contribution in [0.1, 0.15) is 37.9 Å². The third kappa shape index (κ3) is 3.61. The Bertz CT molecular complexity index is 488. The van der Waals surface area contributed by atoms with Gasteiger partial charge in [0.15, 0.2) is 6.10 Å². The highest BCUT2D eigenvalue weighted by molar-refractivity contribution is 5.87. The van der Waals surface area contributed by atoms with Crippen LogP contribution in [0.5, 0.6) is 0 Å². The standard InChI is InChI=1S/C16H21NO4/c1-2-21-14(12-8-4-3-5-9-12)15(18)17-11-7-6-10-13(17)16(19)20/h3-5,8-9,13-14H,2,6-7,10-11H2,1H3,(H,19,20)/t13-,14?/m1/s1. The molecule has 1 aliphatic heterocycles. The summed E-state index contributed by atoms with van der Waals surface area (Å²) in [6.07, 6.45) is 1.46. The Morgan fingerprint density at radius 3 is 2.67 bits per heavy atom. The highest BCUT2D eigenvalue weighted by Gasteiger charge is 2.36. The largest absolute Gasteiger partial charge is 0.480 e. The second-order valence-electron chi connectivity index (χ2n) is 5.13. The second kappa shape index (κ2) is 7.22. The molecule has 21 heavy (non-hydrogen) atoms. The molecule has 0 radical (unpaired) electrons. The zero-order valence-corrected chi connectivity index (χ0v) is 12.2. The van der Waals surface area contributed by atoms with Gasteiger partial charge in [-0.15, -0.1) is 0 Å². The van der Waals surface area contributed by atoms with E-state index in [1.54, 1.807) is 0 Å². The molecule has 114 valence electrons. The van der Waals surface area contributed by atoms with E-state index in [0.29, 0.717) is 19.6 Å². The number of carbonyl (C=O) groups excluding carboxylic acids is 1. The van der Waals surface area contributed by atoms with Gasteiger partial charge in [0, 0.05) is 13.2 Å². The van der Waals surface area contributed by atoms with Crippen molar-refractivity contribution >= 4 is 11.9 Å². The average Bonchev–Trinajstić information content (AvgIpc) is 2.52. The lowest BCUT2D eigenvalue weighted by Crippen LogP contribution is -2.50. The van der Waals surface area contributed by atoms with E-state index in [4.69, 9.17) is 4.74 Å². The van der Waals surface area contributed by atoms with Gasteiger partial charge in [-0.05, 0) is 31.7 Å². The molecule has 1 fully saturated rings. The van der Waals surface area contributed by atoms with Crippen molar-refractivity contribution in [2.75, 3.05) is 13.2 Å². The maximum Gasteiger partial charge on any atom is 0.326 e. The predicted octanol–water partition coefficient (Wildman–Crippen LogP) is 2.23.